The van der Waals surface area contributed by atoms with E-state index in [4.69, 9.17) is 21.1 Å². The van der Waals surface area contributed by atoms with E-state index in [0.717, 1.165) is 11.3 Å². The average molecular weight is 386 g/mol. The number of ether oxygens (including phenoxy) is 2. The van der Waals surface area contributed by atoms with Crippen LogP contribution in [-0.4, -0.2) is 22.3 Å². The lowest BCUT2D eigenvalue weighted by atomic mass is 10.2. The number of rotatable bonds is 7. The molecule has 6 nitrogen and oxygen atoms in total. The van der Waals surface area contributed by atoms with Crippen LogP contribution in [0.3, 0.4) is 0 Å². The molecule has 0 saturated carbocycles. The first-order valence-corrected chi connectivity index (χ1v) is 8.89. The second-order valence-corrected chi connectivity index (χ2v) is 6.24. The van der Waals surface area contributed by atoms with Crippen LogP contribution in [0.25, 0.3) is 0 Å². The number of nitrogens with one attached hydrogen (secondary N) is 1. The number of carbonyl (C=O) groups excluding carboxylic acids is 1. The summed E-state index contributed by atoms with van der Waals surface area (Å²) in [5.74, 6) is 1.15. The van der Waals surface area contributed by atoms with E-state index >= 15 is 0 Å². The standard InChI is InChI=1S/C20H20ClN3O3/c1-3-26-16-6-4-15(5-7-16)22-20(25)19-10-11-24(23-19)13-27-17-8-9-18(21)14(2)12-17/h4-12H,3,13H2,1-2H3,(H,22,25). The van der Waals surface area contributed by atoms with Gasteiger partial charge in [-0.25, -0.2) is 4.68 Å². The predicted octanol–water partition coefficient (Wildman–Crippen LogP) is 4.53. The molecule has 140 valence electrons. The smallest absolute Gasteiger partial charge is 0.276 e. The van der Waals surface area contributed by atoms with Gasteiger partial charge in [-0.2, -0.15) is 5.10 Å². The van der Waals surface area contributed by atoms with Gasteiger partial charge in [0.1, 0.15) is 11.5 Å². The molecule has 0 fully saturated rings. The van der Waals surface area contributed by atoms with Gasteiger partial charge in [-0.1, -0.05) is 11.6 Å². The maximum absolute atomic E-state index is 12.3. The lowest BCUT2D eigenvalue weighted by Gasteiger charge is -2.08. The van der Waals surface area contributed by atoms with Crippen molar-refractivity contribution in [2.24, 2.45) is 0 Å². The van der Waals surface area contributed by atoms with E-state index in [1.807, 2.05) is 19.9 Å². The van der Waals surface area contributed by atoms with E-state index in [0.29, 0.717) is 28.8 Å². The second-order valence-electron chi connectivity index (χ2n) is 5.84. The number of nitrogens with zero attached hydrogens (tertiary/aromatic N) is 2. The molecular formula is C20H20ClN3O3. The molecule has 0 aliphatic rings. The molecule has 0 aliphatic carbocycles. The summed E-state index contributed by atoms with van der Waals surface area (Å²) in [5.41, 5.74) is 1.91. The summed E-state index contributed by atoms with van der Waals surface area (Å²) in [7, 11) is 0. The van der Waals surface area contributed by atoms with Crippen molar-refractivity contribution in [2.45, 2.75) is 20.6 Å². The number of carbonyl (C=O) groups is 1. The Balaban J connectivity index is 1.57. The van der Waals surface area contributed by atoms with Crippen molar-refractivity contribution in [1.29, 1.82) is 0 Å². The first-order valence-electron chi connectivity index (χ1n) is 8.52. The number of anilines is 1. The molecule has 0 bridgehead atoms. The van der Waals surface area contributed by atoms with Crippen molar-refractivity contribution in [3.8, 4) is 11.5 Å². The zero-order valence-corrected chi connectivity index (χ0v) is 15.9. The number of amides is 1. The number of hydrogen-bond donors (Lipinski definition) is 1. The Bertz CT molecular complexity index is 922. The van der Waals surface area contributed by atoms with Crippen LogP contribution in [0.2, 0.25) is 5.02 Å². The Labute approximate surface area is 162 Å². The Hall–Kier alpha value is -2.99. The molecule has 3 rings (SSSR count). The minimum Gasteiger partial charge on any atom is -0.494 e. The summed E-state index contributed by atoms with van der Waals surface area (Å²) in [6, 6.07) is 14.2. The van der Waals surface area contributed by atoms with Gasteiger partial charge in [0, 0.05) is 16.9 Å². The number of benzene rings is 2. The monoisotopic (exact) mass is 385 g/mol. The largest absolute Gasteiger partial charge is 0.494 e. The van der Waals surface area contributed by atoms with Crippen molar-refractivity contribution < 1.29 is 14.3 Å². The van der Waals surface area contributed by atoms with Crippen molar-refractivity contribution in [3.05, 3.63) is 71.0 Å². The third-order valence-corrected chi connectivity index (χ3v) is 4.21. The molecule has 1 heterocycles. The van der Waals surface area contributed by atoms with Crippen LogP contribution in [0.4, 0.5) is 5.69 Å². The van der Waals surface area contributed by atoms with Gasteiger partial charge < -0.3 is 14.8 Å². The molecule has 3 aromatic rings. The van der Waals surface area contributed by atoms with Gasteiger partial charge in [0.2, 0.25) is 0 Å². The SMILES string of the molecule is CCOc1ccc(NC(=O)c2ccn(COc3ccc(Cl)c(C)c3)n2)cc1. The summed E-state index contributed by atoms with van der Waals surface area (Å²) >= 11 is 6.00. The predicted molar refractivity (Wildman–Crippen MR) is 105 cm³/mol. The average Bonchev–Trinajstić information content (AvgIpc) is 3.14. The molecule has 27 heavy (non-hydrogen) atoms. The van der Waals surface area contributed by atoms with Crippen molar-refractivity contribution in [1.82, 2.24) is 9.78 Å². The highest BCUT2D eigenvalue weighted by Crippen LogP contribution is 2.21. The molecule has 0 saturated heterocycles. The Morgan fingerprint density at radius 3 is 2.56 bits per heavy atom. The lowest BCUT2D eigenvalue weighted by Crippen LogP contribution is -2.14. The highest BCUT2D eigenvalue weighted by atomic mass is 35.5. The van der Waals surface area contributed by atoms with Crippen LogP contribution in [0.15, 0.2) is 54.7 Å². The van der Waals surface area contributed by atoms with Gasteiger partial charge in [0.25, 0.3) is 5.91 Å². The number of halogens is 1. The summed E-state index contributed by atoms with van der Waals surface area (Å²) < 4.78 is 12.6. The minimum absolute atomic E-state index is 0.192. The van der Waals surface area contributed by atoms with E-state index < -0.39 is 0 Å². The van der Waals surface area contributed by atoms with Crippen LogP contribution in [-0.2, 0) is 6.73 Å². The topological polar surface area (TPSA) is 65.4 Å². The zero-order valence-electron chi connectivity index (χ0n) is 15.1. The fraction of sp³-hybridized carbons (Fsp3) is 0.200. The van der Waals surface area contributed by atoms with Crippen molar-refractivity contribution in [2.75, 3.05) is 11.9 Å². The quantitative estimate of drug-likeness (QED) is 0.648. The summed E-state index contributed by atoms with van der Waals surface area (Å²) in [6.45, 7) is 4.62. The Kier molecular flexibility index (Phi) is 5.98. The molecule has 0 radical (unpaired) electrons. The Morgan fingerprint density at radius 2 is 1.85 bits per heavy atom. The second kappa shape index (κ2) is 8.60. The number of hydrogen-bond acceptors (Lipinski definition) is 4. The highest BCUT2D eigenvalue weighted by molar-refractivity contribution is 6.31. The third-order valence-electron chi connectivity index (χ3n) is 3.79. The fourth-order valence-corrected chi connectivity index (χ4v) is 2.52. The van der Waals surface area contributed by atoms with Gasteiger partial charge in [0.05, 0.1) is 6.61 Å². The Morgan fingerprint density at radius 1 is 1.11 bits per heavy atom. The molecule has 0 atom stereocenters. The fourth-order valence-electron chi connectivity index (χ4n) is 2.40. The molecular weight excluding hydrogens is 366 g/mol. The molecule has 2 aromatic carbocycles. The highest BCUT2D eigenvalue weighted by Gasteiger charge is 2.10. The maximum atomic E-state index is 12.3. The molecule has 1 aromatic heterocycles. The van der Waals surface area contributed by atoms with Gasteiger partial charge in [-0.3, -0.25) is 4.79 Å². The molecule has 1 amide bonds. The van der Waals surface area contributed by atoms with Gasteiger partial charge in [-0.05, 0) is 67.9 Å². The van der Waals surface area contributed by atoms with Gasteiger partial charge >= 0.3 is 0 Å². The van der Waals surface area contributed by atoms with E-state index in [1.165, 1.54) is 0 Å². The minimum atomic E-state index is -0.291. The van der Waals surface area contributed by atoms with E-state index in [1.54, 1.807) is 53.3 Å². The van der Waals surface area contributed by atoms with Crippen LogP contribution in [0.5, 0.6) is 11.5 Å². The lowest BCUT2D eigenvalue weighted by molar-refractivity contribution is 0.102. The molecule has 0 aliphatic heterocycles. The first-order chi connectivity index (χ1) is 13.0. The van der Waals surface area contributed by atoms with Crippen molar-refractivity contribution >= 4 is 23.2 Å². The summed E-state index contributed by atoms with van der Waals surface area (Å²) in [4.78, 5) is 12.3. The van der Waals surface area contributed by atoms with Gasteiger partial charge in [-0.15, -0.1) is 0 Å². The molecule has 1 N–H and O–H groups in total. The van der Waals surface area contributed by atoms with Gasteiger partial charge in [0.15, 0.2) is 12.4 Å². The van der Waals surface area contributed by atoms with Crippen molar-refractivity contribution in [3.63, 3.8) is 0 Å². The zero-order chi connectivity index (χ0) is 19.2. The van der Waals surface area contributed by atoms with E-state index in [9.17, 15) is 4.79 Å². The maximum Gasteiger partial charge on any atom is 0.276 e. The van der Waals surface area contributed by atoms with Crippen LogP contribution in [0, 0.1) is 6.92 Å². The molecule has 0 spiro atoms. The molecule has 0 unspecified atom stereocenters. The summed E-state index contributed by atoms with van der Waals surface area (Å²) in [5, 5.41) is 7.73. The van der Waals surface area contributed by atoms with Crippen LogP contribution >= 0.6 is 11.6 Å². The first kappa shape index (κ1) is 18.8. The van der Waals surface area contributed by atoms with E-state index in [-0.39, 0.29) is 12.6 Å². The molecule has 7 heteroatoms. The van der Waals surface area contributed by atoms with Crippen LogP contribution in [0.1, 0.15) is 23.0 Å². The number of aryl methyl sites for hydroxylation is 1. The van der Waals surface area contributed by atoms with E-state index in [2.05, 4.69) is 10.4 Å². The number of aromatic nitrogens is 2. The normalized spacial score (nSPS) is 10.5. The summed E-state index contributed by atoms with van der Waals surface area (Å²) in [6.07, 6.45) is 1.69. The third kappa shape index (κ3) is 5.01. The van der Waals surface area contributed by atoms with Crippen LogP contribution < -0.4 is 14.8 Å².